The van der Waals surface area contributed by atoms with Gasteiger partial charge in [-0.2, -0.15) is 0 Å². The summed E-state index contributed by atoms with van der Waals surface area (Å²) in [5, 5.41) is 2.87. The lowest BCUT2D eigenvalue weighted by Crippen LogP contribution is -2.45. The van der Waals surface area contributed by atoms with Crippen molar-refractivity contribution < 1.29 is 14.3 Å². The third-order valence-corrected chi connectivity index (χ3v) is 3.96. The van der Waals surface area contributed by atoms with Crippen LogP contribution < -0.4 is 5.32 Å². The van der Waals surface area contributed by atoms with Crippen LogP contribution in [0.3, 0.4) is 0 Å². The van der Waals surface area contributed by atoms with Crippen LogP contribution in [-0.2, 0) is 14.3 Å². The van der Waals surface area contributed by atoms with E-state index in [2.05, 4.69) is 5.32 Å². The van der Waals surface area contributed by atoms with Gasteiger partial charge in [0.05, 0.1) is 0 Å². The fourth-order valence-corrected chi connectivity index (χ4v) is 2.67. The number of nitrogens with one attached hydrogen (secondary N) is 1. The zero-order valence-corrected chi connectivity index (χ0v) is 13.2. The second-order valence-corrected chi connectivity index (χ2v) is 5.36. The van der Waals surface area contributed by atoms with Crippen molar-refractivity contribution in [3.63, 3.8) is 0 Å². The van der Waals surface area contributed by atoms with Gasteiger partial charge in [-0.25, -0.2) is 0 Å². The summed E-state index contributed by atoms with van der Waals surface area (Å²) in [5.74, 6) is -0.283. The van der Waals surface area contributed by atoms with Gasteiger partial charge in [0.1, 0.15) is 12.1 Å². The van der Waals surface area contributed by atoms with Gasteiger partial charge in [-0.3, -0.25) is 9.59 Å². The maximum atomic E-state index is 12.7. The largest absolute Gasteiger partial charge is 0.368 e. The van der Waals surface area contributed by atoms with E-state index in [-0.39, 0.29) is 11.8 Å². The number of hydrogen-bond acceptors (Lipinski definition) is 3. The van der Waals surface area contributed by atoms with E-state index in [4.69, 9.17) is 4.74 Å². The van der Waals surface area contributed by atoms with Crippen LogP contribution in [0, 0.1) is 0 Å². The van der Waals surface area contributed by atoms with E-state index in [1.807, 2.05) is 44.2 Å². The topological polar surface area (TPSA) is 58.6 Å². The van der Waals surface area contributed by atoms with Gasteiger partial charge < -0.3 is 15.0 Å². The molecule has 1 saturated heterocycles. The highest BCUT2D eigenvalue weighted by atomic mass is 16.5. The molecule has 0 aromatic heterocycles. The number of benzene rings is 1. The van der Waals surface area contributed by atoms with Gasteiger partial charge in [-0.15, -0.1) is 0 Å². The second kappa shape index (κ2) is 7.94. The molecule has 0 bridgehead atoms. The van der Waals surface area contributed by atoms with Gasteiger partial charge in [0.2, 0.25) is 11.8 Å². The summed E-state index contributed by atoms with van der Waals surface area (Å²) in [4.78, 5) is 26.8. The van der Waals surface area contributed by atoms with Crippen molar-refractivity contribution in [2.45, 2.75) is 38.8 Å². The standard InChI is InChI=1S/C17H24N2O3/c1-3-19(4-2)17(21)15(13-9-6-5-7-10-13)18-16(20)14-11-8-12-22-14/h5-7,9-10,14-15H,3-4,8,11-12H2,1-2H3,(H,18,20)/t14?,15-/m0/s1. The molecule has 5 nitrogen and oxygen atoms in total. The molecule has 0 saturated carbocycles. The van der Waals surface area contributed by atoms with E-state index >= 15 is 0 Å². The van der Waals surface area contributed by atoms with Crippen molar-refractivity contribution in [1.29, 1.82) is 0 Å². The van der Waals surface area contributed by atoms with E-state index in [9.17, 15) is 9.59 Å². The Bertz CT molecular complexity index is 494. The highest BCUT2D eigenvalue weighted by Crippen LogP contribution is 2.18. The maximum absolute atomic E-state index is 12.7. The van der Waals surface area contributed by atoms with E-state index in [0.717, 1.165) is 12.0 Å². The smallest absolute Gasteiger partial charge is 0.250 e. The average Bonchev–Trinajstić information content (AvgIpc) is 3.09. The van der Waals surface area contributed by atoms with Gasteiger partial charge in [0, 0.05) is 19.7 Å². The molecule has 1 aliphatic rings. The summed E-state index contributed by atoms with van der Waals surface area (Å²) in [6, 6.07) is 8.71. The van der Waals surface area contributed by atoms with E-state index in [1.54, 1.807) is 4.90 Å². The number of amides is 2. The SMILES string of the molecule is CCN(CC)C(=O)[C@@H](NC(=O)C1CCCO1)c1ccccc1. The summed E-state index contributed by atoms with van der Waals surface area (Å²) < 4.78 is 5.41. The minimum Gasteiger partial charge on any atom is -0.368 e. The number of carbonyl (C=O) groups excluding carboxylic acids is 2. The lowest BCUT2D eigenvalue weighted by molar-refractivity contribution is -0.139. The van der Waals surface area contributed by atoms with E-state index < -0.39 is 12.1 Å². The Morgan fingerprint density at radius 1 is 1.27 bits per heavy atom. The van der Waals surface area contributed by atoms with Crippen LogP contribution >= 0.6 is 0 Å². The summed E-state index contributed by atoms with van der Waals surface area (Å²) in [5.41, 5.74) is 0.797. The predicted octanol–water partition coefficient (Wildman–Crippen LogP) is 1.89. The Kier molecular flexibility index (Phi) is 5.95. The molecule has 1 aromatic rings. The second-order valence-electron chi connectivity index (χ2n) is 5.36. The van der Waals surface area contributed by atoms with Crippen molar-refractivity contribution in [3.8, 4) is 0 Å². The molecule has 2 atom stereocenters. The third kappa shape index (κ3) is 3.85. The first kappa shape index (κ1) is 16.5. The Morgan fingerprint density at radius 2 is 1.95 bits per heavy atom. The predicted molar refractivity (Wildman–Crippen MR) is 84.2 cm³/mol. The highest BCUT2D eigenvalue weighted by molar-refractivity contribution is 5.90. The van der Waals surface area contributed by atoms with Crippen LogP contribution in [0.4, 0.5) is 0 Å². The fraction of sp³-hybridized carbons (Fsp3) is 0.529. The Balaban J connectivity index is 2.17. The number of nitrogens with zero attached hydrogens (tertiary/aromatic N) is 1. The van der Waals surface area contributed by atoms with Crippen LogP contribution in [-0.4, -0.2) is 42.5 Å². The van der Waals surface area contributed by atoms with Crippen LogP contribution in [0.2, 0.25) is 0 Å². The van der Waals surface area contributed by atoms with Crippen molar-refractivity contribution in [2.75, 3.05) is 19.7 Å². The normalized spacial score (nSPS) is 18.7. The first-order chi connectivity index (χ1) is 10.7. The van der Waals surface area contributed by atoms with Gasteiger partial charge in [0.25, 0.3) is 0 Å². The monoisotopic (exact) mass is 304 g/mol. The van der Waals surface area contributed by atoms with Crippen molar-refractivity contribution >= 4 is 11.8 Å². The minimum atomic E-state index is -0.655. The van der Waals surface area contributed by atoms with Gasteiger partial charge >= 0.3 is 0 Å². The first-order valence-electron chi connectivity index (χ1n) is 7.93. The first-order valence-corrected chi connectivity index (χ1v) is 7.93. The highest BCUT2D eigenvalue weighted by Gasteiger charge is 2.30. The van der Waals surface area contributed by atoms with Gasteiger partial charge in [0.15, 0.2) is 0 Å². The van der Waals surface area contributed by atoms with Crippen molar-refractivity contribution in [2.24, 2.45) is 0 Å². The average molecular weight is 304 g/mol. The zero-order chi connectivity index (χ0) is 15.9. The molecule has 1 heterocycles. The molecule has 0 radical (unpaired) electrons. The number of hydrogen-bond donors (Lipinski definition) is 1. The summed E-state index contributed by atoms with van der Waals surface area (Å²) in [6.45, 7) is 5.72. The van der Waals surface area contributed by atoms with E-state index in [0.29, 0.717) is 26.1 Å². The Morgan fingerprint density at radius 3 is 2.50 bits per heavy atom. The van der Waals surface area contributed by atoms with Gasteiger partial charge in [-0.05, 0) is 32.3 Å². The summed E-state index contributed by atoms with van der Waals surface area (Å²) >= 11 is 0. The lowest BCUT2D eigenvalue weighted by atomic mass is 10.0. The lowest BCUT2D eigenvalue weighted by Gasteiger charge is -2.27. The number of rotatable bonds is 6. The summed E-state index contributed by atoms with van der Waals surface area (Å²) in [6.07, 6.45) is 1.17. The van der Waals surface area contributed by atoms with Crippen LogP contribution in [0.25, 0.3) is 0 Å². The molecule has 1 unspecified atom stereocenters. The molecule has 2 rings (SSSR count). The number of likely N-dealkylation sites (N-methyl/N-ethyl adjacent to an activating group) is 1. The molecule has 1 fully saturated rings. The number of ether oxygens (including phenoxy) is 1. The third-order valence-electron chi connectivity index (χ3n) is 3.96. The van der Waals surface area contributed by atoms with Gasteiger partial charge in [-0.1, -0.05) is 30.3 Å². The molecular weight excluding hydrogens is 280 g/mol. The van der Waals surface area contributed by atoms with Crippen LogP contribution in [0.5, 0.6) is 0 Å². The van der Waals surface area contributed by atoms with Crippen LogP contribution in [0.15, 0.2) is 30.3 Å². The number of carbonyl (C=O) groups is 2. The molecule has 1 N–H and O–H groups in total. The molecule has 2 amide bonds. The molecule has 0 spiro atoms. The Labute approximate surface area is 131 Å². The molecule has 22 heavy (non-hydrogen) atoms. The molecule has 1 aromatic carbocycles. The quantitative estimate of drug-likeness (QED) is 0.873. The fourth-order valence-electron chi connectivity index (χ4n) is 2.67. The van der Waals surface area contributed by atoms with E-state index in [1.165, 1.54) is 0 Å². The minimum absolute atomic E-state index is 0.0810. The Hall–Kier alpha value is -1.88. The molecular formula is C17H24N2O3. The molecule has 0 aliphatic carbocycles. The maximum Gasteiger partial charge on any atom is 0.250 e. The molecule has 1 aliphatic heterocycles. The molecule has 5 heteroatoms. The van der Waals surface area contributed by atoms with Crippen molar-refractivity contribution in [3.05, 3.63) is 35.9 Å². The zero-order valence-electron chi connectivity index (χ0n) is 13.2. The molecule has 120 valence electrons. The summed E-state index contributed by atoms with van der Waals surface area (Å²) in [7, 11) is 0. The van der Waals surface area contributed by atoms with Crippen molar-refractivity contribution in [1.82, 2.24) is 10.2 Å². The van der Waals surface area contributed by atoms with Crippen LogP contribution in [0.1, 0.15) is 38.3 Å².